The summed E-state index contributed by atoms with van der Waals surface area (Å²) < 4.78 is 38.9. The van der Waals surface area contributed by atoms with E-state index in [2.05, 4.69) is 10.3 Å². The number of hydrogen-bond acceptors (Lipinski definition) is 4. The lowest BCUT2D eigenvalue weighted by atomic mass is 10.2. The molecule has 0 radical (unpaired) electrons. The molecule has 0 aliphatic heterocycles. The van der Waals surface area contributed by atoms with Crippen molar-refractivity contribution < 1.29 is 17.6 Å². The second kappa shape index (κ2) is 8.01. The predicted molar refractivity (Wildman–Crippen MR) is 88.5 cm³/mol. The van der Waals surface area contributed by atoms with Crippen LogP contribution >= 0.6 is 0 Å². The van der Waals surface area contributed by atoms with E-state index in [9.17, 15) is 17.6 Å². The van der Waals surface area contributed by atoms with Crippen LogP contribution in [0.15, 0.2) is 53.7 Å². The lowest BCUT2D eigenvalue weighted by Gasteiger charge is -2.18. The summed E-state index contributed by atoms with van der Waals surface area (Å²) in [4.78, 5) is 15.7. The van der Waals surface area contributed by atoms with Gasteiger partial charge in [-0.2, -0.15) is 0 Å². The summed E-state index contributed by atoms with van der Waals surface area (Å²) in [6, 6.07) is 7.93. The maximum Gasteiger partial charge on any atom is 0.220 e. The lowest BCUT2D eigenvalue weighted by molar-refractivity contribution is -0.121. The molecule has 2 rings (SSSR count). The predicted octanol–water partition coefficient (Wildman–Crippen LogP) is 2.65. The third kappa shape index (κ3) is 4.38. The molecule has 1 atom stereocenters. The summed E-state index contributed by atoms with van der Waals surface area (Å²) >= 11 is 0. The second-order valence-electron chi connectivity index (χ2n) is 5.33. The molecule has 24 heavy (non-hydrogen) atoms. The normalized spacial score (nSPS) is 12.6. The van der Waals surface area contributed by atoms with Crippen LogP contribution in [0.1, 0.15) is 30.6 Å². The van der Waals surface area contributed by atoms with E-state index in [0.717, 1.165) is 12.1 Å². The minimum absolute atomic E-state index is 0.00231. The summed E-state index contributed by atoms with van der Waals surface area (Å²) in [6.07, 6.45) is 4.00. The summed E-state index contributed by atoms with van der Waals surface area (Å²) in [7, 11) is -3.80. The molecule has 1 aromatic heterocycles. The molecule has 0 aliphatic rings. The molecule has 128 valence electrons. The minimum atomic E-state index is -3.80. The SMILES string of the molecule is CCCC(=O)NCC(c1cccnc1)S(=O)(=O)c1ccc(F)cc1. The summed E-state index contributed by atoms with van der Waals surface area (Å²) in [5.74, 6) is -0.719. The third-order valence-electron chi connectivity index (χ3n) is 3.53. The molecule has 7 heteroatoms. The summed E-state index contributed by atoms with van der Waals surface area (Å²) in [5, 5.41) is 1.66. The summed E-state index contributed by atoms with van der Waals surface area (Å²) in [5.41, 5.74) is 0.471. The Labute approximate surface area is 140 Å². The van der Waals surface area contributed by atoms with Gasteiger partial charge in [0, 0.05) is 25.4 Å². The van der Waals surface area contributed by atoms with E-state index in [4.69, 9.17) is 0 Å². The Kier molecular flexibility index (Phi) is 6.03. The van der Waals surface area contributed by atoms with Gasteiger partial charge in [0.05, 0.1) is 4.90 Å². The Hall–Kier alpha value is -2.28. The molecule has 0 bridgehead atoms. The van der Waals surface area contributed by atoms with Gasteiger partial charge in [-0.05, 0) is 42.3 Å². The Morgan fingerprint density at radius 1 is 1.25 bits per heavy atom. The summed E-state index contributed by atoms with van der Waals surface area (Å²) in [6.45, 7) is 1.80. The van der Waals surface area contributed by atoms with Crippen LogP contribution in [0.25, 0.3) is 0 Å². The topological polar surface area (TPSA) is 76.1 Å². The highest BCUT2D eigenvalue weighted by molar-refractivity contribution is 7.91. The van der Waals surface area contributed by atoms with Crippen molar-refractivity contribution in [2.24, 2.45) is 0 Å². The van der Waals surface area contributed by atoms with Crippen molar-refractivity contribution in [3.8, 4) is 0 Å². The fourth-order valence-electron chi connectivity index (χ4n) is 2.28. The van der Waals surface area contributed by atoms with Gasteiger partial charge in [0.15, 0.2) is 9.84 Å². The Morgan fingerprint density at radius 3 is 2.54 bits per heavy atom. The smallest absolute Gasteiger partial charge is 0.220 e. The Bertz CT molecular complexity index is 777. The average Bonchev–Trinajstić information content (AvgIpc) is 2.56. The van der Waals surface area contributed by atoms with Gasteiger partial charge in [-0.25, -0.2) is 12.8 Å². The van der Waals surface area contributed by atoms with Gasteiger partial charge >= 0.3 is 0 Å². The molecule has 1 aromatic carbocycles. The number of nitrogens with zero attached hydrogens (tertiary/aromatic N) is 1. The maximum absolute atomic E-state index is 13.1. The van der Waals surface area contributed by atoms with Crippen molar-refractivity contribution in [2.45, 2.75) is 29.9 Å². The van der Waals surface area contributed by atoms with E-state index in [1.54, 1.807) is 18.3 Å². The van der Waals surface area contributed by atoms with E-state index in [1.165, 1.54) is 18.3 Å². The third-order valence-corrected chi connectivity index (χ3v) is 5.65. The Morgan fingerprint density at radius 2 is 1.96 bits per heavy atom. The lowest BCUT2D eigenvalue weighted by Crippen LogP contribution is -2.31. The number of rotatable bonds is 7. The maximum atomic E-state index is 13.1. The van der Waals surface area contributed by atoms with Crippen molar-refractivity contribution in [3.05, 3.63) is 60.2 Å². The molecule has 1 heterocycles. The minimum Gasteiger partial charge on any atom is -0.354 e. The van der Waals surface area contributed by atoms with Crippen LogP contribution in [0, 0.1) is 5.82 Å². The molecule has 0 saturated carbocycles. The molecule has 1 amide bonds. The first-order chi connectivity index (χ1) is 11.4. The number of sulfone groups is 1. The number of carbonyl (C=O) groups is 1. The van der Waals surface area contributed by atoms with Gasteiger partial charge < -0.3 is 5.32 Å². The molecule has 0 fully saturated rings. The van der Waals surface area contributed by atoms with Gasteiger partial charge in [0.25, 0.3) is 0 Å². The van der Waals surface area contributed by atoms with Crippen LogP contribution in [0.4, 0.5) is 4.39 Å². The largest absolute Gasteiger partial charge is 0.354 e. The molecule has 2 aromatic rings. The fraction of sp³-hybridized carbons (Fsp3) is 0.294. The molecule has 0 saturated heterocycles. The van der Waals surface area contributed by atoms with Crippen LogP contribution in [0.5, 0.6) is 0 Å². The second-order valence-corrected chi connectivity index (χ2v) is 7.46. The number of carbonyl (C=O) groups excluding carboxylic acids is 1. The fourth-order valence-corrected chi connectivity index (χ4v) is 3.93. The van der Waals surface area contributed by atoms with Crippen molar-refractivity contribution >= 4 is 15.7 Å². The Balaban J connectivity index is 2.34. The molecular weight excluding hydrogens is 331 g/mol. The number of hydrogen-bond donors (Lipinski definition) is 1. The van der Waals surface area contributed by atoms with Crippen LogP contribution in [-0.4, -0.2) is 25.9 Å². The molecule has 0 spiro atoms. The average molecular weight is 350 g/mol. The monoisotopic (exact) mass is 350 g/mol. The zero-order valence-corrected chi connectivity index (χ0v) is 14.1. The van der Waals surface area contributed by atoms with Gasteiger partial charge in [-0.3, -0.25) is 9.78 Å². The van der Waals surface area contributed by atoms with E-state index in [-0.39, 0.29) is 17.3 Å². The first-order valence-electron chi connectivity index (χ1n) is 7.61. The number of halogens is 1. The van der Waals surface area contributed by atoms with Crippen molar-refractivity contribution in [1.29, 1.82) is 0 Å². The van der Waals surface area contributed by atoms with Gasteiger partial charge in [-0.15, -0.1) is 0 Å². The molecule has 0 aliphatic carbocycles. The highest BCUT2D eigenvalue weighted by Crippen LogP contribution is 2.28. The number of pyridine rings is 1. The van der Waals surface area contributed by atoms with Crippen LogP contribution in [0.3, 0.4) is 0 Å². The van der Waals surface area contributed by atoms with Crippen molar-refractivity contribution in [3.63, 3.8) is 0 Å². The number of amides is 1. The molecule has 5 nitrogen and oxygen atoms in total. The highest BCUT2D eigenvalue weighted by atomic mass is 32.2. The quantitative estimate of drug-likeness (QED) is 0.779. The zero-order chi connectivity index (χ0) is 17.6. The molecule has 1 N–H and O–H groups in total. The van der Waals surface area contributed by atoms with E-state index < -0.39 is 20.9 Å². The van der Waals surface area contributed by atoms with Crippen molar-refractivity contribution in [2.75, 3.05) is 6.54 Å². The van der Waals surface area contributed by atoms with Gasteiger partial charge in [-0.1, -0.05) is 13.0 Å². The first-order valence-corrected chi connectivity index (χ1v) is 9.16. The number of nitrogens with one attached hydrogen (secondary N) is 1. The standard InChI is InChI=1S/C17H19FN2O3S/c1-2-4-17(21)20-12-16(13-5-3-10-19-11-13)24(22,23)15-8-6-14(18)7-9-15/h3,5-11,16H,2,4,12H2,1H3,(H,20,21). The van der Waals surface area contributed by atoms with E-state index in [0.29, 0.717) is 18.4 Å². The van der Waals surface area contributed by atoms with Crippen LogP contribution < -0.4 is 5.32 Å². The first kappa shape index (κ1) is 18.1. The van der Waals surface area contributed by atoms with Crippen LogP contribution in [-0.2, 0) is 14.6 Å². The van der Waals surface area contributed by atoms with E-state index in [1.807, 2.05) is 6.92 Å². The van der Waals surface area contributed by atoms with Gasteiger partial charge in [0.2, 0.25) is 5.91 Å². The zero-order valence-electron chi connectivity index (χ0n) is 13.3. The van der Waals surface area contributed by atoms with Crippen molar-refractivity contribution in [1.82, 2.24) is 10.3 Å². The number of aromatic nitrogens is 1. The van der Waals surface area contributed by atoms with Gasteiger partial charge in [0.1, 0.15) is 11.1 Å². The van der Waals surface area contributed by atoms with E-state index >= 15 is 0 Å². The highest BCUT2D eigenvalue weighted by Gasteiger charge is 2.29. The molecular formula is C17H19FN2O3S. The molecule has 1 unspecified atom stereocenters. The van der Waals surface area contributed by atoms with Crippen LogP contribution in [0.2, 0.25) is 0 Å². The number of benzene rings is 1.